The first kappa shape index (κ1) is 19.4. The van der Waals surface area contributed by atoms with Gasteiger partial charge in [0.15, 0.2) is 5.13 Å². The first-order valence-electron chi connectivity index (χ1n) is 9.02. The molecule has 1 amide bonds. The second kappa shape index (κ2) is 9.53. The highest BCUT2D eigenvalue weighted by atomic mass is 35.5. The number of nitrogens with zero attached hydrogens (tertiary/aromatic N) is 1. The van der Waals surface area contributed by atoms with Crippen LogP contribution in [-0.4, -0.2) is 10.9 Å². The Morgan fingerprint density at radius 1 is 1.11 bits per heavy atom. The first-order valence-corrected chi connectivity index (χ1v) is 10.3. The molecule has 0 aliphatic rings. The van der Waals surface area contributed by atoms with Crippen LogP contribution in [0.5, 0.6) is 0 Å². The molecule has 0 aliphatic heterocycles. The summed E-state index contributed by atoms with van der Waals surface area (Å²) in [5.74, 6) is 0.0592. The Kier molecular flexibility index (Phi) is 6.85. The summed E-state index contributed by atoms with van der Waals surface area (Å²) < 4.78 is 0. The lowest BCUT2D eigenvalue weighted by Crippen LogP contribution is -2.10. The van der Waals surface area contributed by atoms with Gasteiger partial charge >= 0.3 is 0 Å². The van der Waals surface area contributed by atoms with Crippen LogP contribution in [0.2, 0.25) is 5.02 Å². The summed E-state index contributed by atoms with van der Waals surface area (Å²) in [6, 6.07) is 15.3. The van der Waals surface area contributed by atoms with Crippen LogP contribution in [0.4, 0.5) is 16.5 Å². The van der Waals surface area contributed by atoms with Crippen molar-refractivity contribution in [2.45, 2.75) is 32.6 Å². The fourth-order valence-corrected chi connectivity index (χ4v) is 3.50. The molecule has 0 radical (unpaired) electrons. The number of benzene rings is 2. The molecule has 4 nitrogen and oxygen atoms in total. The van der Waals surface area contributed by atoms with Crippen LogP contribution in [-0.2, 0) is 4.79 Å². The van der Waals surface area contributed by atoms with E-state index in [1.165, 1.54) is 11.3 Å². The minimum atomic E-state index is 0.0592. The molecule has 2 aromatic carbocycles. The number of aromatic nitrogens is 1. The maximum atomic E-state index is 12.0. The lowest BCUT2D eigenvalue weighted by molar-refractivity contribution is -0.116. The second-order valence-corrected chi connectivity index (χ2v) is 7.55. The molecule has 3 rings (SSSR count). The van der Waals surface area contributed by atoms with Crippen molar-refractivity contribution in [2.75, 3.05) is 10.6 Å². The Balaban J connectivity index is 1.65. The number of halogens is 1. The van der Waals surface area contributed by atoms with Gasteiger partial charge in [-0.05, 0) is 42.8 Å². The highest BCUT2D eigenvalue weighted by Crippen LogP contribution is 2.29. The molecule has 27 heavy (non-hydrogen) atoms. The van der Waals surface area contributed by atoms with Gasteiger partial charge in [-0.1, -0.05) is 43.5 Å². The predicted molar refractivity (Wildman–Crippen MR) is 115 cm³/mol. The third kappa shape index (κ3) is 5.81. The van der Waals surface area contributed by atoms with Crippen molar-refractivity contribution in [3.63, 3.8) is 0 Å². The third-order valence-corrected chi connectivity index (χ3v) is 5.06. The van der Waals surface area contributed by atoms with Crippen molar-refractivity contribution in [3.05, 3.63) is 58.9 Å². The minimum absolute atomic E-state index is 0.0592. The van der Waals surface area contributed by atoms with Gasteiger partial charge in [0.2, 0.25) is 5.91 Å². The van der Waals surface area contributed by atoms with Crippen LogP contribution < -0.4 is 10.6 Å². The van der Waals surface area contributed by atoms with Crippen molar-refractivity contribution < 1.29 is 4.79 Å². The zero-order chi connectivity index (χ0) is 19.1. The molecule has 0 bridgehead atoms. The Labute approximate surface area is 168 Å². The molecule has 3 aromatic rings. The van der Waals surface area contributed by atoms with Gasteiger partial charge in [-0.25, -0.2) is 4.98 Å². The Bertz CT molecular complexity index is 892. The summed E-state index contributed by atoms with van der Waals surface area (Å²) in [5.41, 5.74) is 3.59. The van der Waals surface area contributed by atoms with Gasteiger partial charge in [0, 0.05) is 33.8 Å². The lowest BCUT2D eigenvalue weighted by atomic mass is 10.1. The van der Waals surface area contributed by atoms with Gasteiger partial charge < -0.3 is 10.6 Å². The number of carbonyl (C=O) groups excluding carboxylic acids is 1. The van der Waals surface area contributed by atoms with E-state index in [9.17, 15) is 4.79 Å². The van der Waals surface area contributed by atoms with Crippen molar-refractivity contribution in [3.8, 4) is 11.3 Å². The molecule has 0 atom stereocenters. The van der Waals surface area contributed by atoms with Gasteiger partial charge in [0.05, 0.1) is 5.69 Å². The summed E-state index contributed by atoms with van der Waals surface area (Å²) in [5, 5.41) is 9.76. The van der Waals surface area contributed by atoms with Gasteiger partial charge in [-0.3, -0.25) is 4.79 Å². The number of carbonyl (C=O) groups is 1. The van der Waals surface area contributed by atoms with Gasteiger partial charge in [0.1, 0.15) is 0 Å². The van der Waals surface area contributed by atoms with Gasteiger partial charge in [0.25, 0.3) is 0 Å². The van der Waals surface area contributed by atoms with Crippen molar-refractivity contribution >= 4 is 45.4 Å². The van der Waals surface area contributed by atoms with E-state index >= 15 is 0 Å². The van der Waals surface area contributed by atoms with E-state index in [1.54, 1.807) is 0 Å². The largest absolute Gasteiger partial charge is 0.332 e. The molecule has 2 N–H and O–H groups in total. The third-order valence-electron chi connectivity index (χ3n) is 4.05. The molecule has 0 spiro atoms. The van der Waals surface area contributed by atoms with Crippen LogP contribution in [0, 0.1) is 0 Å². The van der Waals surface area contributed by atoms with Crippen molar-refractivity contribution in [2.24, 2.45) is 0 Å². The smallest absolute Gasteiger partial charge is 0.224 e. The maximum absolute atomic E-state index is 12.0. The number of thiazole rings is 1. The summed E-state index contributed by atoms with van der Waals surface area (Å²) in [6.07, 6.45) is 3.67. The fourth-order valence-electron chi connectivity index (χ4n) is 2.64. The summed E-state index contributed by atoms with van der Waals surface area (Å²) in [6.45, 7) is 2.13. The Morgan fingerprint density at radius 3 is 2.70 bits per heavy atom. The molecule has 0 aliphatic carbocycles. The normalized spacial score (nSPS) is 10.6. The monoisotopic (exact) mass is 399 g/mol. The molecule has 6 heteroatoms. The molecule has 0 unspecified atom stereocenters. The van der Waals surface area contributed by atoms with E-state index in [4.69, 9.17) is 11.6 Å². The second-order valence-electron chi connectivity index (χ2n) is 6.26. The molecular formula is C21H22ClN3OS. The number of anilines is 3. The van der Waals surface area contributed by atoms with Crippen LogP contribution in [0.1, 0.15) is 32.6 Å². The van der Waals surface area contributed by atoms with Crippen LogP contribution in [0.25, 0.3) is 11.3 Å². The van der Waals surface area contributed by atoms with Crippen LogP contribution in [0.3, 0.4) is 0 Å². The summed E-state index contributed by atoms with van der Waals surface area (Å²) in [4.78, 5) is 16.7. The highest BCUT2D eigenvalue weighted by Gasteiger charge is 2.07. The molecule has 0 fully saturated rings. The van der Waals surface area contributed by atoms with Crippen LogP contribution >= 0.6 is 22.9 Å². The Hall–Kier alpha value is -2.37. The Morgan fingerprint density at radius 2 is 1.93 bits per heavy atom. The number of nitrogens with one attached hydrogen (secondary N) is 2. The van der Waals surface area contributed by atoms with Gasteiger partial charge in [-0.2, -0.15) is 0 Å². The molecule has 1 heterocycles. The number of hydrogen-bond donors (Lipinski definition) is 2. The molecule has 0 saturated heterocycles. The van der Waals surface area contributed by atoms with E-state index in [0.29, 0.717) is 11.4 Å². The van der Waals surface area contributed by atoms with Crippen LogP contribution in [0.15, 0.2) is 53.9 Å². The predicted octanol–water partition coefficient (Wildman–Crippen LogP) is 6.73. The zero-order valence-corrected chi connectivity index (χ0v) is 16.7. The highest BCUT2D eigenvalue weighted by molar-refractivity contribution is 7.14. The summed E-state index contributed by atoms with van der Waals surface area (Å²) >= 11 is 7.45. The number of hydrogen-bond acceptors (Lipinski definition) is 4. The lowest BCUT2D eigenvalue weighted by Gasteiger charge is -2.06. The van der Waals surface area contributed by atoms with Crippen molar-refractivity contribution in [1.82, 2.24) is 4.98 Å². The molecule has 0 saturated carbocycles. The topological polar surface area (TPSA) is 54.0 Å². The number of unbranched alkanes of at least 4 members (excludes halogenated alkanes) is 2. The quantitative estimate of drug-likeness (QED) is 0.413. The SMILES string of the molecule is CCCCCC(=O)Nc1cccc(-c2csc(Nc3ccc(Cl)cc3)n2)c1. The van der Waals surface area contributed by atoms with E-state index in [0.717, 1.165) is 47.0 Å². The van der Waals surface area contributed by atoms with E-state index in [1.807, 2.05) is 53.9 Å². The number of rotatable bonds is 8. The fraction of sp³-hybridized carbons (Fsp3) is 0.238. The van der Waals surface area contributed by atoms with E-state index in [-0.39, 0.29) is 5.91 Å². The maximum Gasteiger partial charge on any atom is 0.224 e. The standard InChI is InChI=1S/C21H22ClN3OS/c1-2-3-4-8-20(26)23-18-7-5-6-15(13-18)19-14-27-21(25-19)24-17-11-9-16(22)10-12-17/h5-7,9-14H,2-4,8H2,1H3,(H,23,26)(H,24,25). The molecule has 140 valence electrons. The van der Waals surface area contributed by atoms with E-state index < -0.39 is 0 Å². The van der Waals surface area contributed by atoms with Crippen molar-refractivity contribution in [1.29, 1.82) is 0 Å². The average Bonchev–Trinajstić information content (AvgIpc) is 3.13. The van der Waals surface area contributed by atoms with Gasteiger partial charge in [-0.15, -0.1) is 11.3 Å². The molecule has 1 aromatic heterocycles. The first-order chi connectivity index (χ1) is 13.1. The van der Waals surface area contributed by atoms with E-state index in [2.05, 4.69) is 22.5 Å². The summed E-state index contributed by atoms with van der Waals surface area (Å²) in [7, 11) is 0. The zero-order valence-electron chi connectivity index (χ0n) is 15.2. The molecular weight excluding hydrogens is 378 g/mol. The average molecular weight is 400 g/mol. The minimum Gasteiger partial charge on any atom is -0.332 e. The number of amides is 1.